The van der Waals surface area contributed by atoms with Gasteiger partial charge < -0.3 is 0 Å². The van der Waals surface area contributed by atoms with Crippen molar-refractivity contribution in [2.75, 3.05) is 0 Å². The third-order valence-corrected chi connectivity index (χ3v) is 3.28. The van der Waals surface area contributed by atoms with Crippen LogP contribution in [0.1, 0.15) is 12.6 Å². The van der Waals surface area contributed by atoms with Crippen LogP contribution in [0.2, 0.25) is 0 Å². The molecule has 0 fully saturated rings. The van der Waals surface area contributed by atoms with Gasteiger partial charge in [0, 0.05) is 22.8 Å². The molecule has 3 rings (SSSR count). The van der Waals surface area contributed by atoms with Crippen molar-refractivity contribution in [1.29, 1.82) is 0 Å². The number of aromatic nitrogens is 1. The molecule has 0 saturated carbocycles. The molecule has 3 aromatic rings. The highest BCUT2D eigenvalue weighted by atomic mass is 14.7. The van der Waals surface area contributed by atoms with Gasteiger partial charge in [0.05, 0.1) is 0 Å². The van der Waals surface area contributed by atoms with Crippen LogP contribution in [-0.2, 0) is 6.42 Å². The minimum absolute atomic E-state index is 0.953. The highest BCUT2D eigenvalue weighted by Crippen LogP contribution is 2.30. The van der Waals surface area contributed by atoms with Gasteiger partial charge in [-0.1, -0.05) is 61.5 Å². The molecule has 2 aromatic carbocycles. The Bertz CT molecular complexity index is 672. The molecule has 0 aliphatic heterocycles. The van der Waals surface area contributed by atoms with E-state index in [1.807, 2.05) is 12.3 Å². The van der Waals surface area contributed by atoms with E-state index in [1.54, 1.807) is 0 Å². The molecule has 0 radical (unpaired) electrons. The fourth-order valence-corrected chi connectivity index (χ4v) is 2.40. The molecule has 1 aromatic heterocycles. The second-order valence-electron chi connectivity index (χ2n) is 4.39. The molecule has 88 valence electrons. The first kappa shape index (κ1) is 11.0. The van der Waals surface area contributed by atoms with E-state index in [0.29, 0.717) is 0 Å². The smallest absolute Gasteiger partial charge is 0.0485 e. The van der Waals surface area contributed by atoms with Gasteiger partial charge in [-0.25, -0.2) is 0 Å². The SMILES string of the molecule is CCc1ncc2ccccc2c1-c1ccccc1. The lowest BCUT2D eigenvalue weighted by Crippen LogP contribution is -1.93. The molecule has 1 nitrogen and oxygen atoms in total. The number of hydrogen-bond acceptors (Lipinski definition) is 1. The molecule has 0 aliphatic rings. The highest BCUT2D eigenvalue weighted by Gasteiger charge is 2.09. The zero-order valence-electron chi connectivity index (χ0n) is 10.4. The topological polar surface area (TPSA) is 12.9 Å². The lowest BCUT2D eigenvalue weighted by molar-refractivity contribution is 1.05. The maximum atomic E-state index is 4.60. The normalized spacial score (nSPS) is 10.7. The molecule has 0 atom stereocenters. The van der Waals surface area contributed by atoms with E-state index in [9.17, 15) is 0 Å². The lowest BCUT2D eigenvalue weighted by atomic mass is 9.96. The average Bonchev–Trinajstić information content (AvgIpc) is 2.47. The van der Waals surface area contributed by atoms with E-state index < -0.39 is 0 Å². The van der Waals surface area contributed by atoms with E-state index in [-0.39, 0.29) is 0 Å². The van der Waals surface area contributed by atoms with Gasteiger partial charge in [-0.2, -0.15) is 0 Å². The first-order valence-electron chi connectivity index (χ1n) is 6.32. The minimum Gasteiger partial charge on any atom is -0.260 e. The second-order valence-corrected chi connectivity index (χ2v) is 4.39. The molecule has 0 amide bonds. The van der Waals surface area contributed by atoms with E-state index >= 15 is 0 Å². The number of nitrogens with zero attached hydrogens (tertiary/aromatic N) is 1. The van der Waals surface area contributed by atoms with Crippen molar-refractivity contribution in [3.05, 3.63) is 66.5 Å². The maximum absolute atomic E-state index is 4.60. The molecule has 18 heavy (non-hydrogen) atoms. The predicted octanol–water partition coefficient (Wildman–Crippen LogP) is 4.46. The van der Waals surface area contributed by atoms with Crippen molar-refractivity contribution in [2.45, 2.75) is 13.3 Å². The Labute approximate surface area is 107 Å². The Morgan fingerprint density at radius 2 is 1.61 bits per heavy atom. The van der Waals surface area contributed by atoms with Crippen LogP contribution in [0.3, 0.4) is 0 Å². The van der Waals surface area contributed by atoms with E-state index in [0.717, 1.165) is 6.42 Å². The molecule has 0 spiro atoms. The van der Waals surface area contributed by atoms with E-state index in [2.05, 4.69) is 60.4 Å². The summed E-state index contributed by atoms with van der Waals surface area (Å²) in [7, 11) is 0. The van der Waals surface area contributed by atoms with Gasteiger partial charge in [0.2, 0.25) is 0 Å². The molecule has 0 unspecified atom stereocenters. The molecule has 1 heterocycles. The quantitative estimate of drug-likeness (QED) is 0.636. The molecule has 0 N–H and O–H groups in total. The fourth-order valence-electron chi connectivity index (χ4n) is 2.40. The Hall–Kier alpha value is -2.15. The Balaban J connectivity index is 2.38. The van der Waals surface area contributed by atoms with Crippen molar-refractivity contribution in [3.63, 3.8) is 0 Å². The number of rotatable bonds is 2. The van der Waals surface area contributed by atoms with Gasteiger partial charge in [0.1, 0.15) is 0 Å². The van der Waals surface area contributed by atoms with Crippen LogP contribution in [0.25, 0.3) is 21.9 Å². The van der Waals surface area contributed by atoms with Crippen molar-refractivity contribution in [3.8, 4) is 11.1 Å². The molecule has 1 heteroatoms. The van der Waals surface area contributed by atoms with Crippen molar-refractivity contribution in [1.82, 2.24) is 4.98 Å². The number of aryl methyl sites for hydroxylation is 1. The van der Waals surface area contributed by atoms with Crippen LogP contribution in [-0.4, -0.2) is 4.98 Å². The van der Waals surface area contributed by atoms with Gasteiger partial charge in [-0.15, -0.1) is 0 Å². The van der Waals surface area contributed by atoms with E-state index in [1.165, 1.54) is 27.6 Å². The van der Waals surface area contributed by atoms with Gasteiger partial charge in [0.15, 0.2) is 0 Å². The van der Waals surface area contributed by atoms with Gasteiger partial charge in [0.25, 0.3) is 0 Å². The summed E-state index contributed by atoms with van der Waals surface area (Å²) in [6.45, 7) is 2.16. The standard InChI is InChI=1S/C17H15N/c1-2-16-17(13-8-4-3-5-9-13)15-11-7-6-10-14(15)12-18-16/h3-12H,2H2,1H3. The summed E-state index contributed by atoms with van der Waals surface area (Å²) in [6.07, 6.45) is 2.93. The van der Waals surface area contributed by atoms with Crippen LogP contribution >= 0.6 is 0 Å². The molecule has 0 saturated heterocycles. The van der Waals surface area contributed by atoms with Crippen LogP contribution in [0.5, 0.6) is 0 Å². The van der Waals surface area contributed by atoms with Gasteiger partial charge >= 0.3 is 0 Å². The number of benzene rings is 2. The second kappa shape index (κ2) is 4.61. The highest BCUT2D eigenvalue weighted by molar-refractivity contribution is 5.97. The first-order valence-corrected chi connectivity index (χ1v) is 6.32. The maximum Gasteiger partial charge on any atom is 0.0485 e. The average molecular weight is 233 g/mol. The zero-order valence-corrected chi connectivity index (χ0v) is 10.4. The largest absolute Gasteiger partial charge is 0.260 e. The molecule has 0 bridgehead atoms. The summed E-state index contributed by atoms with van der Waals surface area (Å²) in [5.74, 6) is 0. The Morgan fingerprint density at radius 3 is 2.39 bits per heavy atom. The van der Waals surface area contributed by atoms with Crippen molar-refractivity contribution in [2.24, 2.45) is 0 Å². The molecular formula is C17H15N. The summed E-state index contributed by atoms with van der Waals surface area (Å²) < 4.78 is 0. The lowest BCUT2D eigenvalue weighted by Gasteiger charge is -2.11. The Morgan fingerprint density at radius 1 is 0.889 bits per heavy atom. The van der Waals surface area contributed by atoms with E-state index in [4.69, 9.17) is 0 Å². The summed E-state index contributed by atoms with van der Waals surface area (Å²) in [4.78, 5) is 4.60. The minimum atomic E-state index is 0.953. The van der Waals surface area contributed by atoms with Gasteiger partial charge in [-0.05, 0) is 17.4 Å². The van der Waals surface area contributed by atoms with Crippen LogP contribution in [0.15, 0.2) is 60.8 Å². The summed E-state index contributed by atoms with van der Waals surface area (Å²) in [5.41, 5.74) is 3.69. The van der Waals surface area contributed by atoms with Gasteiger partial charge in [-0.3, -0.25) is 4.98 Å². The van der Waals surface area contributed by atoms with Crippen LogP contribution < -0.4 is 0 Å². The van der Waals surface area contributed by atoms with Crippen LogP contribution in [0, 0.1) is 0 Å². The monoisotopic (exact) mass is 233 g/mol. The zero-order chi connectivity index (χ0) is 12.4. The third kappa shape index (κ3) is 1.78. The predicted molar refractivity (Wildman–Crippen MR) is 76.6 cm³/mol. The van der Waals surface area contributed by atoms with Crippen molar-refractivity contribution >= 4 is 10.8 Å². The summed E-state index contributed by atoms with van der Waals surface area (Å²) in [6, 6.07) is 19.0. The number of hydrogen-bond donors (Lipinski definition) is 0. The number of pyridine rings is 1. The van der Waals surface area contributed by atoms with Crippen molar-refractivity contribution < 1.29 is 0 Å². The first-order chi connectivity index (χ1) is 8.90. The third-order valence-electron chi connectivity index (χ3n) is 3.28. The molecular weight excluding hydrogens is 218 g/mol. The Kier molecular flexibility index (Phi) is 2.81. The molecule has 0 aliphatic carbocycles. The van der Waals surface area contributed by atoms with Crippen LogP contribution in [0.4, 0.5) is 0 Å². The number of fused-ring (bicyclic) bond motifs is 1. The summed E-state index contributed by atoms with van der Waals surface area (Å²) in [5, 5.41) is 2.49. The fraction of sp³-hybridized carbons (Fsp3) is 0.118. The summed E-state index contributed by atoms with van der Waals surface area (Å²) >= 11 is 0.